The van der Waals surface area contributed by atoms with E-state index in [1.807, 2.05) is 12.1 Å². The summed E-state index contributed by atoms with van der Waals surface area (Å²) in [5, 5.41) is 0. The molecule has 0 radical (unpaired) electrons. The quantitative estimate of drug-likeness (QED) is 0.373. The second-order valence-electron chi connectivity index (χ2n) is 4.68. The van der Waals surface area contributed by atoms with Crippen molar-refractivity contribution in [3.8, 4) is 5.75 Å². The molecule has 0 aromatic heterocycles. The average Bonchev–Trinajstić information content (AvgIpc) is 2.40. The van der Waals surface area contributed by atoms with Gasteiger partial charge in [-0.05, 0) is 30.5 Å². The molecule has 0 bridgehead atoms. The molecule has 1 aromatic carbocycles. The van der Waals surface area contributed by atoms with E-state index in [-0.39, 0.29) is 49.5 Å². The molecule has 0 aliphatic heterocycles. The molecule has 0 atom stereocenters. The molecule has 4 heteroatoms. The standard InChI is InChI=1S/C15H23O2P.Nd/c1-2-3-4-5-6-7-8-9-14-10-12-15(13-11-14)17-18-16;/h10-13H,2-9H2,1H3;. The molecular formula is C15H23NdO2P. The van der Waals surface area contributed by atoms with Gasteiger partial charge in [-0.3, -0.25) is 0 Å². The van der Waals surface area contributed by atoms with Gasteiger partial charge in [0.1, 0.15) is 5.75 Å². The average molecular weight is 411 g/mol. The third kappa shape index (κ3) is 9.92. The van der Waals surface area contributed by atoms with Crippen LogP contribution in [0.3, 0.4) is 0 Å². The fourth-order valence-corrected chi connectivity index (χ4v) is 2.25. The van der Waals surface area contributed by atoms with Crippen molar-refractivity contribution in [1.82, 2.24) is 0 Å². The Labute approximate surface area is 151 Å². The van der Waals surface area contributed by atoms with Gasteiger partial charge in [-0.1, -0.05) is 57.6 Å². The second-order valence-corrected chi connectivity index (χ2v) is 5.01. The maximum absolute atomic E-state index is 10.3. The zero-order valence-corrected chi connectivity index (χ0v) is 15.8. The van der Waals surface area contributed by atoms with E-state index in [2.05, 4.69) is 19.1 Å². The summed E-state index contributed by atoms with van der Waals surface area (Å²) in [4.78, 5) is 0. The molecule has 0 N–H and O–H groups in total. The smallest absolute Gasteiger partial charge is 0.395 e. The summed E-state index contributed by atoms with van der Waals surface area (Å²) < 4.78 is 15.1. The molecule has 0 fully saturated rings. The number of rotatable bonds is 10. The van der Waals surface area contributed by atoms with Crippen LogP contribution in [0, 0.1) is 40.8 Å². The second kappa shape index (κ2) is 13.5. The Morgan fingerprint density at radius 3 is 2.11 bits per heavy atom. The molecule has 0 heterocycles. The van der Waals surface area contributed by atoms with Crippen LogP contribution in [0.2, 0.25) is 0 Å². The van der Waals surface area contributed by atoms with Crippen LogP contribution in [-0.4, -0.2) is 0 Å². The van der Waals surface area contributed by atoms with Crippen molar-refractivity contribution in [1.29, 1.82) is 0 Å². The molecule has 0 unspecified atom stereocenters. The van der Waals surface area contributed by atoms with Gasteiger partial charge in [0.05, 0.1) is 0 Å². The molecule has 0 spiro atoms. The third-order valence-electron chi connectivity index (χ3n) is 3.14. The first kappa shape index (κ1) is 19.5. The van der Waals surface area contributed by atoms with Crippen LogP contribution in [0.1, 0.15) is 57.4 Å². The van der Waals surface area contributed by atoms with Crippen molar-refractivity contribution in [2.24, 2.45) is 0 Å². The molecule has 1 aromatic rings. The van der Waals surface area contributed by atoms with Crippen molar-refractivity contribution < 1.29 is 49.9 Å². The van der Waals surface area contributed by atoms with Crippen molar-refractivity contribution in [2.45, 2.75) is 58.3 Å². The van der Waals surface area contributed by atoms with E-state index in [4.69, 9.17) is 4.52 Å². The zero-order chi connectivity index (χ0) is 13.1. The van der Waals surface area contributed by atoms with Crippen LogP contribution < -0.4 is 4.52 Å². The third-order valence-corrected chi connectivity index (χ3v) is 3.42. The van der Waals surface area contributed by atoms with Crippen LogP contribution in [0.15, 0.2) is 24.3 Å². The zero-order valence-electron chi connectivity index (χ0n) is 11.7. The fourth-order valence-electron chi connectivity index (χ4n) is 2.05. The van der Waals surface area contributed by atoms with E-state index in [0.717, 1.165) is 6.42 Å². The van der Waals surface area contributed by atoms with Crippen LogP contribution in [-0.2, 0) is 11.0 Å². The normalized spacial score (nSPS) is 10.2. The molecule has 0 amide bonds. The number of unbranched alkanes of at least 4 members (excludes halogenated alkanes) is 6. The summed E-state index contributed by atoms with van der Waals surface area (Å²) >= 11 is 0. The van der Waals surface area contributed by atoms with E-state index in [0.29, 0.717) is 5.75 Å². The summed E-state index contributed by atoms with van der Waals surface area (Å²) in [6.07, 6.45) is 10.5. The number of aryl methyl sites for hydroxylation is 1. The maximum atomic E-state index is 10.3. The van der Waals surface area contributed by atoms with Gasteiger partial charge in [0.15, 0.2) is 0 Å². The SMILES string of the molecule is CCCCCCCCCc1ccc(OP=O)cc1.[Nd]. The summed E-state index contributed by atoms with van der Waals surface area (Å²) in [6.45, 7) is 2.25. The molecule has 19 heavy (non-hydrogen) atoms. The molecule has 0 saturated heterocycles. The van der Waals surface area contributed by atoms with E-state index < -0.39 is 0 Å². The minimum atomic E-state index is -0.288. The largest absolute Gasteiger partial charge is 0.408 e. The predicted molar refractivity (Wildman–Crippen MR) is 76.4 cm³/mol. The fraction of sp³-hybridized carbons (Fsp3) is 0.600. The molecule has 2 nitrogen and oxygen atoms in total. The minimum absolute atomic E-state index is 0. The van der Waals surface area contributed by atoms with Gasteiger partial charge in [-0.15, -0.1) is 0 Å². The first-order valence-electron chi connectivity index (χ1n) is 6.95. The van der Waals surface area contributed by atoms with E-state index >= 15 is 0 Å². The molecule has 104 valence electrons. The van der Waals surface area contributed by atoms with Gasteiger partial charge in [0.25, 0.3) is 0 Å². The van der Waals surface area contributed by atoms with Crippen molar-refractivity contribution >= 4 is 8.69 Å². The minimum Gasteiger partial charge on any atom is -0.408 e. The monoisotopic (exact) mass is 408 g/mol. The molecular weight excluding hydrogens is 387 g/mol. The van der Waals surface area contributed by atoms with Crippen LogP contribution in [0.25, 0.3) is 0 Å². The van der Waals surface area contributed by atoms with Gasteiger partial charge >= 0.3 is 8.69 Å². The van der Waals surface area contributed by atoms with Crippen molar-refractivity contribution in [3.63, 3.8) is 0 Å². The van der Waals surface area contributed by atoms with Crippen molar-refractivity contribution in [2.75, 3.05) is 0 Å². The summed E-state index contributed by atoms with van der Waals surface area (Å²) in [5.41, 5.74) is 1.33. The Morgan fingerprint density at radius 2 is 1.53 bits per heavy atom. The molecule has 1 rings (SSSR count). The van der Waals surface area contributed by atoms with E-state index in [1.165, 1.54) is 50.5 Å². The molecule has 0 aliphatic carbocycles. The van der Waals surface area contributed by atoms with E-state index in [1.54, 1.807) is 0 Å². The van der Waals surface area contributed by atoms with Gasteiger partial charge in [0, 0.05) is 40.8 Å². The first-order valence-corrected chi connectivity index (χ1v) is 7.68. The first-order chi connectivity index (χ1) is 8.86. The van der Waals surface area contributed by atoms with Crippen LogP contribution in [0.4, 0.5) is 0 Å². The topological polar surface area (TPSA) is 26.3 Å². The number of benzene rings is 1. The van der Waals surface area contributed by atoms with Crippen LogP contribution >= 0.6 is 8.69 Å². The van der Waals surface area contributed by atoms with Gasteiger partial charge in [-0.2, -0.15) is 0 Å². The Morgan fingerprint density at radius 1 is 0.947 bits per heavy atom. The maximum Gasteiger partial charge on any atom is 0.395 e. The Balaban J connectivity index is 0.00000324. The van der Waals surface area contributed by atoms with Gasteiger partial charge in [-0.25, -0.2) is 4.57 Å². The number of hydrogen-bond donors (Lipinski definition) is 0. The summed E-state index contributed by atoms with van der Waals surface area (Å²) in [5.74, 6) is 0.662. The Bertz CT molecular complexity index is 327. The summed E-state index contributed by atoms with van der Waals surface area (Å²) in [6, 6.07) is 7.86. The molecule has 0 aliphatic rings. The van der Waals surface area contributed by atoms with E-state index in [9.17, 15) is 4.57 Å². The summed E-state index contributed by atoms with van der Waals surface area (Å²) in [7, 11) is -0.288. The Hall–Kier alpha value is 0.471. The van der Waals surface area contributed by atoms with Gasteiger partial charge in [0.2, 0.25) is 0 Å². The number of hydrogen-bond acceptors (Lipinski definition) is 2. The van der Waals surface area contributed by atoms with Crippen LogP contribution in [0.5, 0.6) is 5.75 Å². The molecule has 0 saturated carbocycles. The predicted octanol–water partition coefficient (Wildman–Crippen LogP) is 5.57. The Kier molecular flexibility index (Phi) is 13.8. The van der Waals surface area contributed by atoms with Crippen molar-refractivity contribution in [3.05, 3.63) is 29.8 Å². The van der Waals surface area contributed by atoms with Gasteiger partial charge < -0.3 is 4.52 Å².